The highest BCUT2D eigenvalue weighted by Gasteiger charge is 2.36. The van der Waals surface area contributed by atoms with Crippen LogP contribution in [0.4, 0.5) is 0 Å². The van der Waals surface area contributed by atoms with E-state index in [9.17, 15) is 8.42 Å². The van der Waals surface area contributed by atoms with Crippen molar-refractivity contribution in [1.29, 1.82) is 0 Å². The van der Waals surface area contributed by atoms with E-state index in [4.69, 9.17) is 0 Å². The number of hydrogen-bond acceptors (Lipinski definition) is 2. The molecule has 2 rings (SSSR count). The van der Waals surface area contributed by atoms with Gasteiger partial charge in [0.05, 0.1) is 6.04 Å². The molecular formula is C13H19BrN2O2S. The van der Waals surface area contributed by atoms with E-state index in [1.54, 1.807) is 18.4 Å². The van der Waals surface area contributed by atoms with Gasteiger partial charge in [-0.1, -0.05) is 28.1 Å². The van der Waals surface area contributed by atoms with Gasteiger partial charge in [0.1, 0.15) is 0 Å². The lowest BCUT2D eigenvalue weighted by Gasteiger charge is -2.27. The summed E-state index contributed by atoms with van der Waals surface area (Å²) in [6, 6.07) is 6.02. The maximum atomic E-state index is 12.3. The number of benzene rings is 1. The van der Waals surface area contributed by atoms with E-state index in [2.05, 4.69) is 22.0 Å². The first-order valence-electron chi connectivity index (χ1n) is 6.29. The van der Waals surface area contributed by atoms with Crippen molar-refractivity contribution in [3.05, 3.63) is 33.8 Å². The molecule has 0 N–H and O–H groups in total. The predicted molar refractivity (Wildman–Crippen MR) is 80.2 cm³/mol. The lowest BCUT2D eigenvalue weighted by molar-refractivity contribution is 0.362. The maximum absolute atomic E-state index is 12.3. The summed E-state index contributed by atoms with van der Waals surface area (Å²) in [6.07, 6.45) is 1.79. The van der Waals surface area contributed by atoms with Crippen molar-refractivity contribution in [3.63, 3.8) is 0 Å². The third-order valence-electron chi connectivity index (χ3n) is 3.53. The van der Waals surface area contributed by atoms with Crippen LogP contribution < -0.4 is 0 Å². The van der Waals surface area contributed by atoms with Crippen molar-refractivity contribution in [1.82, 2.24) is 8.61 Å². The molecule has 0 bridgehead atoms. The maximum Gasteiger partial charge on any atom is 0.282 e. The van der Waals surface area contributed by atoms with Crippen LogP contribution in [0.3, 0.4) is 0 Å². The highest BCUT2D eigenvalue weighted by molar-refractivity contribution is 9.10. The fourth-order valence-corrected chi connectivity index (χ4v) is 4.01. The summed E-state index contributed by atoms with van der Waals surface area (Å²) in [5.41, 5.74) is 2.20. The number of rotatable bonds is 3. The first-order chi connectivity index (χ1) is 8.84. The van der Waals surface area contributed by atoms with Gasteiger partial charge < -0.3 is 0 Å². The number of hydrogen-bond donors (Lipinski definition) is 0. The Morgan fingerprint density at radius 3 is 2.63 bits per heavy atom. The second-order valence-corrected chi connectivity index (χ2v) is 8.02. The van der Waals surface area contributed by atoms with Crippen LogP contribution in [0.25, 0.3) is 0 Å². The van der Waals surface area contributed by atoms with E-state index in [1.807, 2.05) is 19.1 Å². The van der Waals surface area contributed by atoms with Gasteiger partial charge in [0, 0.05) is 25.1 Å². The fraction of sp³-hybridized carbons (Fsp3) is 0.538. The average Bonchev–Trinajstić information content (AvgIpc) is 2.82. The summed E-state index contributed by atoms with van der Waals surface area (Å²) in [4.78, 5) is 0. The summed E-state index contributed by atoms with van der Waals surface area (Å²) in [7, 11) is -0.180. The quantitative estimate of drug-likeness (QED) is 0.844. The van der Waals surface area contributed by atoms with Crippen LogP contribution in [0, 0.1) is 6.92 Å². The summed E-state index contributed by atoms with van der Waals surface area (Å²) in [5, 5.41) is 0. The van der Waals surface area contributed by atoms with Crippen LogP contribution in [-0.2, 0) is 10.2 Å². The minimum absolute atomic E-state index is 0.0424. The Balaban J connectivity index is 2.36. The van der Waals surface area contributed by atoms with Gasteiger partial charge in [-0.05, 0) is 37.0 Å². The van der Waals surface area contributed by atoms with E-state index in [0.717, 1.165) is 28.4 Å². The van der Waals surface area contributed by atoms with Crippen LogP contribution in [0.2, 0.25) is 0 Å². The molecule has 1 aromatic carbocycles. The summed E-state index contributed by atoms with van der Waals surface area (Å²) < 4.78 is 28.6. The molecule has 0 spiro atoms. The van der Waals surface area contributed by atoms with Crippen LogP contribution in [-0.4, -0.2) is 37.7 Å². The van der Waals surface area contributed by atoms with Crippen LogP contribution in [0.1, 0.15) is 30.0 Å². The molecule has 1 fully saturated rings. The van der Waals surface area contributed by atoms with Crippen molar-refractivity contribution >= 4 is 26.1 Å². The van der Waals surface area contributed by atoms with Gasteiger partial charge in [-0.2, -0.15) is 17.0 Å². The van der Waals surface area contributed by atoms with Crippen molar-refractivity contribution < 1.29 is 8.42 Å². The highest BCUT2D eigenvalue weighted by Crippen LogP contribution is 2.35. The largest absolute Gasteiger partial charge is 0.282 e. The third kappa shape index (κ3) is 2.86. The normalized spacial score (nSPS) is 21.2. The van der Waals surface area contributed by atoms with Gasteiger partial charge in [0.25, 0.3) is 10.2 Å². The van der Waals surface area contributed by atoms with Gasteiger partial charge in [0.15, 0.2) is 0 Å². The molecule has 19 heavy (non-hydrogen) atoms. The van der Waals surface area contributed by atoms with Crippen molar-refractivity contribution in [3.8, 4) is 0 Å². The molecule has 0 saturated carbocycles. The molecule has 1 saturated heterocycles. The SMILES string of the molecule is Cc1cc([C@H]2CCCN2S(=O)(=O)N(C)C)ccc1Br. The van der Waals surface area contributed by atoms with E-state index >= 15 is 0 Å². The second-order valence-electron chi connectivity index (χ2n) is 5.07. The smallest absolute Gasteiger partial charge is 0.195 e. The van der Waals surface area contributed by atoms with E-state index in [0.29, 0.717) is 6.54 Å². The van der Waals surface area contributed by atoms with E-state index in [1.165, 1.54) is 4.31 Å². The molecule has 0 unspecified atom stereocenters. The first-order valence-corrected chi connectivity index (χ1v) is 8.48. The molecule has 1 aromatic rings. The topological polar surface area (TPSA) is 40.6 Å². The van der Waals surface area contributed by atoms with Crippen molar-refractivity contribution in [2.45, 2.75) is 25.8 Å². The number of halogens is 1. The summed E-state index contributed by atoms with van der Waals surface area (Å²) in [5.74, 6) is 0. The zero-order valence-electron chi connectivity index (χ0n) is 11.4. The zero-order chi connectivity index (χ0) is 14.2. The Bertz CT molecular complexity index is 572. The van der Waals surface area contributed by atoms with Gasteiger partial charge in [-0.15, -0.1) is 0 Å². The Morgan fingerprint density at radius 2 is 2.05 bits per heavy atom. The van der Waals surface area contributed by atoms with Crippen molar-refractivity contribution in [2.24, 2.45) is 0 Å². The van der Waals surface area contributed by atoms with Gasteiger partial charge >= 0.3 is 0 Å². The molecule has 6 heteroatoms. The van der Waals surface area contributed by atoms with Crippen LogP contribution >= 0.6 is 15.9 Å². The molecule has 0 aromatic heterocycles. The zero-order valence-corrected chi connectivity index (χ0v) is 13.8. The Morgan fingerprint density at radius 1 is 1.37 bits per heavy atom. The van der Waals surface area contributed by atoms with Crippen LogP contribution in [0.5, 0.6) is 0 Å². The molecule has 1 aliphatic rings. The fourth-order valence-electron chi connectivity index (χ4n) is 2.43. The van der Waals surface area contributed by atoms with Gasteiger partial charge in [0.2, 0.25) is 0 Å². The Hall–Kier alpha value is -0.430. The average molecular weight is 347 g/mol. The van der Waals surface area contributed by atoms with E-state index < -0.39 is 10.2 Å². The molecule has 1 atom stereocenters. The highest BCUT2D eigenvalue weighted by atomic mass is 79.9. The van der Waals surface area contributed by atoms with E-state index in [-0.39, 0.29) is 6.04 Å². The number of nitrogens with zero attached hydrogens (tertiary/aromatic N) is 2. The van der Waals surface area contributed by atoms with Gasteiger partial charge in [-0.3, -0.25) is 0 Å². The van der Waals surface area contributed by atoms with Crippen molar-refractivity contribution in [2.75, 3.05) is 20.6 Å². The molecule has 1 aliphatic heterocycles. The molecule has 4 nitrogen and oxygen atoms in total. The van der Waals surface area contributed by atoms with Crippen LogP contribution in [0.15, 0.2) is 22.7 Å². The molecule has 0 aliphatic carbocycles. The third-order valence-corrected chi connectivity index (χ3v) is 6.37. The molecular weight excluding hydrogens is 328 g/mol. The minimum Gasteiger partial charge on any atom is -0.195 e. The number of aryl methyl sites for hydroxylation is 1. The molecule has 1 heterocycles. The lowest BCUT2D eigenvalue weighted by atomic mass is 10.0. The lowest BCUT2D eigenvalue weighted by Crippen LogP contribution is -2.39. The standard InChI is InChI=1S/C13H19BrN2O2S/c1-10-9-11(6-7-12(10)14)13-5-4-8-16(13)19(17,18)15(2)3/h6-7,9,13H,4-5,8H2,1-3H3/t13-/m1/s1. The first kappa shape index (κ1) is 15.0. The predicted octanol–water partition coefficient (Wildman–Crippen LogP) is 2.70. The molecule has 0 radical (unpaired) electrons. The Kier molecular flexibility index (Phi) is 4.35. The monoisotopic (exact) mass is 346 g/mol. The summed E-state index contributed by atoms with van der Waals surface area (Å²) in [6.45, 7) is 2.62. The molecule has 0 amide bonds. The van der Waals surface area contributed by atoms with Gasteiger partial charge in [-0.25, -0.2) is 0 Å². The second kappa shape index (κ2) is 5.52. The molecule has 106 valence electrons. The summed E-state index contributed by atoms with van der Waals surface area (Å²) >= 11 is 3.48. The minimum atomic E-state index is -3.34. The Labute approximate surface area is 123 Å².